The first-order valence-corrected chi connectivity index (χ1v) is 6.55. The van der Waals surface area contributed by atoms with Crippen LogP contribution in [-0.4, -0.2) is 36.5 Å². The monoisotopic (exact) mass is 291 g/mol. The van der Waals surface area contributed by atoms with Crippen molar-refractivity contribution in [3.05, 3.63) is 29.2 Å². The largest absolute Gasteiger partial charge is 0.477 e. The van der Waals surface area contributed by atoms with Crippen molar-refractivity contribution in [1.29, 1.82) is 0 Å². The van der Waals surface area contributed by atoms with Crippen LogP contribution in [0.4, 0.5) is 5.82 Å². The maximum absolute atomic E-state index is 12.2. The molecule has 1 amide bonds. The predicted octanol–water partition coefficient (Wildman–Crippen LogP) is 1.29. The summed E-state index contributed by atoms with van der Waals surface area (Å²) in [5, 5.41) is 19.8. The van der Waals surface area contributed by atoms with E-state index in [4.69, 9.17) is 5.11 Å². The molecule has 0 saturated carbocycles. The van der Waals surface area contributed by atoms with Gasteiger partial charge in [0, 0.05) is 25.4 Å². The van der Waals surface area contributed by atoms with Crippen LogP contribution < -0.4 is 5.32 Å². The summed E-state index contributed by atoms with van der Waals surface area (Å²) in [5.74, 6) is -1.35. The first-order chi connectivity index (χ1) is 9.93. The number of aryl methyl sites for hydroxylation is 3. The number of carbonyl (C=O) groups is 2. The predicted molar refractivity (Wildman–Crippen MR) is 75.4 cm³/mol. The highest BCUT2D eigenvalue weighted by atomic mass is 16.4. The van der Waals surface area contributed by atoms with Crippen LogP contribution in [0.5, 0.6) is 0 Å². The average Bonchev–Trinajstić information content (AvgIpc) is 2.94. The Morgan fingerprint density at radius 2 is 2.14 bits per heavy atom. The van der Waals surface area contributed by atoms with Crippen LogP contribution in [0.3, 0.4) is 0 Å². The molecule has 8 heteroatoms. The standard InChI is InChI=1S/C13H17N5O3/c1-4-5-18-8(2)6-10(16-18)15-12(19)9-7-14-17(3)11(9)13(20)21/h6-7H,4-5H2,1-3H3,(H,20,21)(H,15,16,19). The van der Waals surface area contributed by atoms with Gasteiger partial charge in [-0.05, 0) is 13.3 Å². The van der Waals surface area contributed by atoms with Crippen molar-refractivity contribution in [2.24, 2.45) is 7.05 Å². The molecule has 0 aromatic carbocycles. The minimum Gasteiger partial charge on any atom is -0.477 e. The first-order valence-electron chi connectivity index (χ1n) is 6.55. The lowest BCUT2D eigenvalue weighted by molar-refractivity contribution is 0.0680. The van der Waals surface area contributed by atoms with Crippen LogP contribution in [0.1, 0.15) is 39.9 Å². The molecular formula is C13H17N5O3. The molecule has 0 fully saturated rings. The van der Waals surface area contributed by atoms with E-state index < -0.39 is 11.9 Å². The second-order valence-corrected chi connectivity index (χ2v) is 4.68. The molecule has 0 aliphatic heterocycles. The quantitative estimate of drug-likeness (QED) is 0.864. The molecule has 0 atom stereocenters. The highest BCUT2D eigenvalue weighted by molar-refractivity contribution is 6.09. The van der Waals surface area contributed by atoms with Gasteiger partial charge in [-0.1, -0.05) is 6.92 Å². The number of amides is 1. The van der Waals surface area contributed by atoms with Gasteiger partial charge < -0.3 is 10.4 Å². The van der Waals surface area contributed by atoms with E-state index in [-0.39, 0.29) is 11.3 Å². The van der Waals surface area contributed by atoms with E-state index in [1.807, 2.05) is 13.8 Å². The summed E-state index contributed by atoms with van der Waals surface area (Å²) >= 11 is 0. The van der Waals surface area contributed by atoms with Crippen molar-refractivity contribution in [3.8, 4) is 0 Å². The highest BCUT2D eigenvalue weighted by Crippen LogP contribution is 2.13. The summed E-state index contributed by atoms with van der Waals surface area (Å²) in [5.41, 5.74) is 0.779. The van der Waals surface area contributed by atoms with E-state index in [1.165, 1.54) is 13.2 Å². The van der Waals surface area contributed by atoms with Gasteiger partial charge in [-0.3, -0.25) is 14.2 Å². The SMILES string of the molecule is CCCn1nc(NC(=O)c2cnn(C)c2C(=O)O)cc1C. The number of nitrogens with one attached hydrogen (secondary N) is 1. The molecule has 0 spiro atoms. The zero-order valence-electron chi connectivity index (χ0n) is 12.1. The van der Waals surface area contributed by atoms with Crippen LogP contribution in [0.2, 0.25) is 0 Å². The van der Waals surface area contributed by atoms with Gasteiger partial charge in [0.25, 0.3) is 5.91 Å². The molecule has 21 heavy (non-hydrogen) atoms. The number of hydrogen-bond donors (Lipinski definition) is 2. The minimum absolute atomic E-state index is 0.00712. The molecular weight excluding hydrogens is 274 g/mol. The summed E-state index contributed by atoms with van der Waals surface area (Å²) < 4.78 is 2.94. The summed E-state index contributed by atoms with van der Waals surface area (Å²) in [4.78, 5) is 23.3. The van der Waals surface area contributed by atoms with E-state index in [1.54, 1.807) is 10.7 Å². The maximum Gasteiger partial charge on any atom is 0.354 e. The molecule has 0 aliphatic carbocycles. The zero-order valence-corrected chi connectivity index (χ0v) is 12.1. The Hall–Kier alpha value is -2.64. The molecule has 2 N–H and O–H groups in total. The number of anilines is 1. The summed E-state index contributed by atoms with van der Waals surface area (Å²) in [6, 6.07) is 1.74. The van der Waals surface area contributed by atoms with Gasteiger partial charge in [0.1, 0.15) is 0 Å². The molecule has 0 saturated heterocycles. The lowest BCUT2D eigenvalue weighted by Gasteiger charge is -2.02. The van der Waals surface area contributed by atoms with Crippen LogP contribution in [-0.2, 0) is 13.6 Å². The summed E-state index contributed by atoms with van der Waals surface area (Å²) in [7, 11) is 1.47. The third-order valence-electron chi connectivity index (χ3n) is 3.04. The average molecular weight is 291 g/mol. The van der Waals surface area contributed by atoms with Crippen molar-refractivity contribution in [2.75, 3.05) is 5.32 Å². The van der Waals surface area contributed by atoms with Gasteiger partial charge in [0.2, 0.25) is 0 Å². The van der Waals surface area contributed by atoms with Gasteiger partial charge in [-0.2, -0.15) is 10.2 Å². The molecule has 8 nitrogen and oxygen atoms in total. The topological polar surface area (TPSA) is 102 Å². The number of nitrogens with zero attached hydrogens (tertiary/aromatic N) is 4. The van der Waals surface area contributed by atoms with Crippen molar-refractivity contribution >= 4 is 17.7 Å². The maximum atomic E-state index is 12.2. The fourth-order valence-electron chi connectivity index (χ4n) is 2.05. The Morgan fingerprint density at radius 1 is 1.43 bits per heavy atom. The fourth-order valence-corrected chi connectivity index (χ4v) is 2.05. The van der Waals surface area contributed by atoms with Crippen molar-refractivity contribution in [1.82, 2.24) is 19.6 Å². The van der Waals surface area contributed by atoms with E-state index in [0.29, 0.717) is 5.82 Å². The Labute approximate surface area is 121 Å². The number of carboxylic acids is 1. The lowest BCUT2D eigenvalue weighted by Crippen LogP contribution is -2.17. The number of rotatable bonds is 5. The zero-order chi connectivity index (χ0) is 15.6. The minimum atomic E-state index is -1.20. The van der Waals surface area contributed by atoms with E-state index in [2.05, 4.69) is 15.5 Å². The van der Waals surface area contributed by atoms with Crippen LogP contribution >= 0.6 is 0 Å². The first kappa shape index (κ1) is 14.8. The normalized spacial score (nSPS) is 10.6. The van der Waals surface area contributed by atoms with Crippen LogP contribution in [0.25, 0.3) is 0 Å². The number of aromatic carboxylic acids is 1. The van der Waals surface area contributed by atoms with Gasteiger partial charge in [0.15, 0.2) is 11.5 Å². The highest BCUT2D eigenvalue weighted by Gasteiger charge is 2.22. The van der Waals surface area contributed by atoms with Crippen molar-refractivity contribution < 1.29 is 14.7 Å². The van der Waals surface area contributed by atoms with E-state index in [0.717, 1.165) is 23.3 Å². The molecule has 0 unspecified atom stereocenters. The second-order valence-electron chi connectivity index (χ2n) is 4.68. The third kappa shape index (κ3) is 2.93. The molecule has 2 aromatic heterocycles. The number of hydrogen-bond acceptors (Lipinski definition) is 4. The molecule has 2 aromatic rings. The number of carbonyl (C=O) groups excluding carboxylic acids is 1. The smallest absolute Gasteiger partial charge is 0.354 e. The van der Waals surface area contributed by atoms with Crippen LogP contribution in [0.15, 0.2) is 12.3 Å². The molecule has 0 aliphatic rings. The molecule has 2 heterocycles. The Balaban J connectivity index is 2.22. The van der Waals surface area contributed by atoms with Gasteiger partial charge >= 0.3 is 5.97 Å². The van der Waals surface area contributed by atoms with Crippen LogP contribution in [0, 0.1) is 6.92 Å². The summed E-state index contributed by atoms with van der Waals surface area (Å²) in [6.45, 7) is 4.69. The number of aromatic nitrogens is 4. The van der Waals surface area contributed by atoms with Crippen molar-refractivity contribution in [2.45, 2.75) is 26.8 Å². The van der Waals surface area contributed by atoms with Gasteiger partial charge in [-0.15, -0.1) is 0 Å². The van der Waals surface area contributed by atoms with E-state index in [9.17, 15) is 9.59 Å². The molecule has 0 bridgehead atoms. The fraction of sp³-hybridized carbons (Fsp3) is 0.385. The Kier molecular flexibility index (Phi) is 4.06. The molecule has 112 valence electrons. The number of carboxylic acid groups (broad SMARTS) is 1. The molecule has 0 radical (unpaired) electrons. The molecule has 2 rings (SSSR count). The Morgan fingerprint density at radius 3 is 2.76 bits per heavy atom. The van der Waals surface area contributed by atoms with Crippen molar-refractivity contribution in [3.63, 3.8) is 0 Å². The Bertz CT molecular complexity index is 686. The lowest BCUT2D eigenvalue weighted by atomic mass is 10.2. The third-order valence-corrected chi connectivity index (χ3v) is 3.04. The summed E-state index contributed by atoms with van der Waals surface area (Å²) in [6.07, 6.45) is 2.16. The van der Waals surface area contributed by atoms with E-state index >= 15 is 0 Å². The second kappa shape index (κ2) is 5.78. The van der Waals surface area contributed by atoms with Gasteiger partial charge in [0.05, 0.1) is 11.8 Å². The van der Waals surface area contributed by atoms with Gasteiger partial charge in [-0.25, -0.2) is 4.79 Å².